The van der Waals surface area contributed by atoms with Gasteiger partial charge in [0, 0.05) is 5.69 Å². The molecule has 1 unspecified atom stereocenters. The summed E-state index contributed by atoms with van der Waals surface area (Å²) in [5.41, 5.74) is 1.40. The summed E-state index contributed by atoms with van der Waals surface area (Å²) in [5.74, 6) is -1.21. The summed E-state index contributed by atoms with van der Waals surface area (Å²) in [7, 11) is 0. The smallest absolute Gasteiger partial charge is 0.326 e. The number of benzene rings is 1. The largest absolute Gasteiger partial charge is 0.480 e. The molecule has 0 aliphatic carbocycles. The lowest BCUT2D eigenvalue weighted by Gasteiger charge is -2.20. The van der Waals surface area contributed by atoms with Crippen molar-refractivity contribution >= 4 is 17.7 Å². The number of urea groups is 1. The van der Waals surface area contributed by atoms with Gasteiger partial charge in [-0.15, -0.1) is 0 Å². The molecule has 1 aromatic carbocycles. The van der Waals surface area contributed by atoms with Gasteiger partial charge in [-0.2, -0.15) is 5.26 Å². The third-order valence-corrected chi connectivity index (χ3v) is 3.26. The van der Waals surface area contributed by atoms with E-state index in [9.17, 15) is 9.59 Å². The van der Waals surface area contributed by atoms with E-state index in [0.717, 1.165) is 5.56 Å². The fraction of sp³-hybridized carbons (Fsp3) is 0.400. The van der Waals surface area contributed by atoms with Crippen LogP contribution < -0.4 is 10.6 Å². The Morgan fingerprint density at radius 1 is 1.33 bits per heavy atom. The number of nitriles is 1. The third-order valence-electron chi connectivity index (χ3n) is 3.26. The van der Waals surface area contributed by atoms with Crippen LogP contribution in [-0.4, -0.2) is 23.1 Å². The highest BCUT2D eigenvalue weighted by Crippen LogP contribution is 2.11. The maximum Gasteiger partial charge on any atom is 0.326 e. The zero-order chi connectivity index (χ0) is 15.8. The van der Waals surface area contributed by atoms with Crippen molar-refractivity contribution in [2.24, 2.45) is 5.92 Å². The van der Waals surface area contributed by atoms with Crippen LogP contribution in [0.15, 0.2) is 24.3 Å². The monoisotopic (exact) mass is 289 g/mol. The molecule has 2 atom stereocenters. The Labute approximate surface area is 123 Å². The Hall–Kier alpha value is -2.55. The molecule has 1 aromatic rings. The number of anilines is 1. The van der Waals surface area contributed by atoms with Crippen LogP contribution >= 0.6 is 0 Å². The number of carboxylic acids is 1. The highest BCUT2D eigenvalue weighted by atomic mass is 16.4. The lowest BCUT2D eigenvalue weighted by Crippen LogP contribution is -2.46. The van der Waals surface area contributed by atoms with Gasteiger partial charge in [0.2, 0.25) is 0 Å². The van der Waals surface area contributed by atoms with Gasteiger partial charge in [0.15, 0.2) is 0 Å². The Morgan fingerprint density at radius 3 is 2.43 bits per heavy atom. The zero-order valence-electron chi connectivity index (χ0n) is 12.1. The first-order valence-corrected chi connectivity index (χ1v) is 6.74. The molecule has 1 rings (SSSR count). The van der Waals surface area contributed by atoms with Crippen LogP contribution in [0.4, 0.5) is 10.5 Å². The Balaban J connectivity index is 2.63. The second kappa shape index (κ2) is 7.90. The van der Waals surface area contributed by atoms with Gasteiger partial charge in [0.1, 0.15) is 6.04 Å². The normalized spacial score (nSPS) is 12.8. The van der Waals surface area contributed by atoms with Crippen molar-refractivity contribution in [1.29, 1.82) is 5.26 Å². The lowest BCUT2D eigenvalue weighted by atomic mass is 9.99. The molecule has 0 bridgehead atoms. The molecule has 0 heterocycles. The molecule has 0 radical (unpaired) electrons. The standard InChI is InChI=1S/C15H19N3O3/c1-3-10(2)13(14(19)20)18-15(21)17-12-6-4-11(5-7-12)8-9-16/h4-7,10,13H,3,8H2,1-2H3,(H,19,20)(H2,17,18,21)/t10?,13-/m0/s1. The fourth-order valence-electron chi connectivity index (χ4n) is 1.79. The van der Waals surface area contributed by atoms with E-state index in [0.29, 0.717) is 18.5 Å². The number of rotatable bonds is 6. The molecule has 0 saturated carbocycles. The number of amides is 2. The zero-order valence-corrected chi connectivity index (χ0v) is 12.1. The molecule has 21 heavy (non-hydrogen) atoms. The van der Waals surface area contributed by atoms with E-state index < -0.39 is 18.0 Å². The molecular weight excluding hydrogens is 270 g/mol. The van der Waals surface area contributed by atoms with Crippen molar-refractivity contribution in [2.75, 3.05) is 5.32 Å². The summed E-state index contributed by atoms with van der Waals surface area (Å²) in [4.78, 5) is 23.0. The van der Waals surface area contributed by atoms with Crippen LogP contribution in [0.25, 0.3) is 0 Å². The number of hydrogen-bond donors (Lipinski definition) is 3. The summed E-state index contributed by atoms with van der Waals surface area (Å²) < 4.78 is 0. The quantitative estimate of drug-likeness (QED) is 0.748. The van der Waals surface area contributed by atoms with E-state index in [1.165, 1.54) is 0 Å². The third kappa shape index (κ3) is 5.15. The number of nitrogens with zero attached hydrogens (tertiary/aromatic N) is 1. The van der Waals surface area contributed by atoms with Crippen LogP contribution in [0.2, 0.25) is 0 Å². The van der Waals surface area contributed by atoms with Crippen LogP contribution in [0.1, 0.15) is 25.8 Å². The molecule has 0 aliphatic heterocycles. The fourth-order valence-corrected chi connectivity index (χ4v) is 1.79. The number of carbonyl (C=O) groups excluding carboxylic acids is 1. The van der Waals surface area contributed by atoms with Crippen LogP contribution in [0.3, 0.4) is 0 Å². The van der Waals surface area contributed by atoms with Crippen LogP contribution in [-0.2, 0) is 11.2 Å². The SMILES string of the molecule is CCC(C)[C@H](NC(=O)Nc1ccc(CC#N)cc1)C(=O)O. The van der Waals surface area contributed by atoms with Gasteiger partial charge in [-0.3, -0.25) is 0 Å². The molecule has 0 saturated heterocycles. The van der Waals surface area contributed by atoms with Crippen molar-refractivity contribution in [3.63, 3.8) is 0 Å². The van der Waals surface area contributed by atoms with Crippen LogP contribution in [0, 0.1) is 17.2 Å². The van der Waals surface area contributed by atoms with Gasteiger partial charge < -0.3 is 15.7 Å². The number of carbonyl (C=O) groups is 2. The summed E-state index contributed by atoms with van der Waals surface area (Å²) in [6, 6.07) is 7.37. The average Bonchev–Trinajstić information content (AvgIpc) is 2.46. The van der Waals surface area contributed by atoms with E-state index >= 15 is 0 Å². The lowest BCUT2D eigenvalue weighted by molar-refractivity contribution is -0.140. The Morgan fingerprint density at radius 2 is 1.95 bits per heavy atom. The highest BCUT2D eigenvalue weighted by molar-refractivity contribution is 5.92. The maximum absolute atomic E-state index is 11.8. The minimum absolute atomic E-state index is 0.161. The van der Waals surface area contributed by atoms with E-state index in [-0.39, 0.29) is 5.92 Å². The first-order chi connectivity index (χ1) is 9.97. The second-order valence-electron chi connectivity index (χ2n) is 4.83. The molecule has 6 nitrogen and oxygen atoms in total. The number of aliphatic carboxylic acids is 1. The topological polar surface area (TPSA) is 102 Å². The highest BCUT2D eigenvalue weighted by Gasteiger charge is 2.25. The van der Waals surface area contributed by atoms with E-state index in [1.807, 2.05) is 13.0 Å². The van der Waals surface area contributed by atoms with Gasteiger partial charge in [-0.1, -0.05) is 32.4 Å². The molecular formula is C15H19N3O3. The summed E-state index contributed by atoms with van der Waals surface area (Å²) >= 11 is 0. The molecule has 0 aromatic heterocycles. The van der Waals surface area contributed by atoms with E-state index in [4.69, 9.17) is 10.4 Å². The van der Waals surface area contributed by atoms with Gasteiger partial charge in [0.05, 0.1) is 12.5 Å². The minimum Gasteiger partial charge on any atom is -0.480 e. The molecule has 2 amide bonds. The average molecular weight is 289 g/mol. The summed E-state index contributed by atoms with van der Waals surface area (Å²) in [5, 5.41) is 22.7. The maximum atomic E-state index is 11.8. The van der Waals surface area contributed by atoms with Crippen molar-refractivity contribution in [1.82, 2.24) is 5.32 Å². The molecule has 112 valence electrons. The molecule has 0 aliphatic rings. The van der Waals surface area contributed by atoms with Crippen LogP contribution in [0.5, 0.6) is 0 Å². The molecule has 6 heteroatoms. The van der Waals surface area contributed by atoms with Gasteiger partial charge in [-0.25, -0.2) is 9.59 Å². The van der Waals surface area contributed by atoms with Crippen molar-refractivity contribution in [3.8, 4) is 6.07 Å². The Bertz CT molecular complexity index is 534. The predicted molar refractivity (Wildman–Crippen MR) is 78.8 cm³/mol. The summed E-state index contributed by atoms with van der Waals surface area (Å²) in [6.45, 7) is 3.64. The molecule has 0 spiro atoms. The van der Waals surface area contributed by atoms with Crippen molar-refractivity contribution in [2.45, 2.75) is 32.7 Å². The predicted octanol–water partition coefficient (Wildman–Crippen LogP) is 2.37. The molecule has 0 fully saturated rings. The van der Waals surface area contributed by atoms with Gasteiger partial charge in [-0.05, 0) is 23.6 Å². The van der Waals surface area contributed by atoms with E-state index in [2.05, 4.69) is 10.6 Å². The number of carboxylic acid groups (broad SMARTS) is 1. The van der Waals surface area contributed by atoms with Crippen molar-refractivity contribution in [3.05, 3.63) is 29.8 Å². The van der Waals surface area contributed by atoms with Gasteiger partial charge in [0.25, 0.3) is 0 Å². The minimum atomic E-state index is -1.05. The first kappa shape index (κ1) is 16.5. The van der Waals surface area contributed by atoms with Gasteiger partial charge >= 0.3 is 12.0 Å². The molecule has 3 N–H and O–H groups in total. The first-order valence-electron chi connectivity index (χ1n) is 6.74. The number of hydrogen-bond acceptors (Lipinski definition) is 3. The summed E-state index contributed by atoms with van der Waals surface area (Å²) in [6.07, 6.45) is 0.960. The van der Waals surface area contributed by atoms with Crippen molar-refractivity contribution < 1.29 is 14.7 Å². The number of nitrogens with one attached hydrogen (secondary N) is 2. The van der Waals surface area contributed by atoms with E-state index in [1.54, 1.807) is 31.2 Å². The second-order valence-corrected chi connectivity index (χ2v) is 4.83. The Kier molecular flexibility index (Phi) is 6.21.